The van der Waals surface area contributed by atoms with Crippen LogP contribution in [0.3, 0.4) is 0 Å². The molecule has 4 saturated carbocycles. The van der Waals surface area contributed by atoms with Crippen molar-refractivity contribution in [3.05, 3.63) is 0 Å². The molecule has 0 amide bonds. The maximum absolute atomic E-state index is 11.8. The zero-order valence-electron chi connectivity index (χ0n) is 19.9. The van der Waals surface area contributed by atoms with Crippen molar-refractivity contribution < 1.29 is 15.3 Å². The molecule has 0 unspecified atom stereocenters. The molecule has 4 aliphatic carbocycles. The average molecular weight is 432 g/mol. The number of nitrogens with zero attached hydrogens (tertiary/aromatic N) is 1. The van der Waals surface area contributed by atoms with Crippen LogP contribution in [0.1, 0.15) is 78.6 Å². The van der Waals surface area contributed by atoms with Gasteiger partial charge in [0.25, 0.3) is 0 Å². The Morgan fingerprint density at radius 3 is 2.35 bits per heavy atom. The van der Waals surface area contributed by atoms with Crippen molar-refractivity contribution in [3.8, 4) is 0 Å². The Morgan fingerprint density at radius 1 is 0.742 bits per heavy atom. The molecule has 0 radical (unpaired) electrons. The van der Waals surface area contributed by atoms with Crippen molar-refractivity contribution in [1.82, 2.24) is 4.90 Å². The summed E-state index contributed by atoms with van der Waals surface area (Å²) in [6.07, 6.45) is 9.43. The van der Waals surface area contributed by atoms with Crippen LogP contribution in [0.15, 0.2) is 0 Å². The number of hydrogen-bond acceptors (Lipinski definition) is 4. The Kier molecular flexibility index (Phi) is 4.94. The molecule has 2 saturated heterocycles. The molecule has 176 valence electrons. The minimum atomic E-state index is -0.553. The summed E-state index contributed by atoms with van der Waals surface area (Å²) in [5.74, 6) is 4.89. The van der Waals surface area contributed by atoms with Gasteiger partial charge in [-0.05, 0) is 117 Å². The Balaban J connectivity index is 1.30. The van der Waals surface area contributed by atoms with E-state index in [4.69, 9.17) is 0 Å². The van der Waals surface area contributed by atoms with Gasteiger partial charge in [0.2, 0.25) is 0 Å². The van der Waals surface area contributed by atoms with Gasteiger partial charge >= 0.3 is 0 Å². The van der Waals surface area contributed by atoms with Crippen LogP contribution in [0.5, 0.6) is 0 Å². The third kappa shape index (κ3) is 3.00. The molecule has 0 aromatic heterocycles. The summed E-state index contributed by atoms with van der Waals surface area (Å²) in [6.45, 7) is 9.36. The number of piperidine rings is 2. The van der Waals surface area contributed by atoms with Crippen LogP contribution in [-0.2, 0) is 0 Å². The molecule has 0 aromatic carbocycles. The van der Waals surface area contributed by atoms with Gasteiger partial charge in [-0.1, -0.05) is 13.8 Å². The second-order valence-electron chi connectivity index (χ2n) is 13.4. The van der Waals surface area contributed by atoms with E-state index in [9.17, 15) is 15.3 Å². The monoisotopic (exact) mass is 431 g/mol. The van der Waals surface area contributed by atoms with Crippen molar-refractivity contribution in [2.45, 2.75) is 102 Å². The molecule has 0 spiro atoms. The fourth-order valence-corrected chi connectivity index (χ4v) is 10.6. The van der Waals surface area contributed by atoms with Crippen LogP contribution < -0.4 is 0 Å². The Morgan fingerprint density at radius 2 is 1.55 bits per heavy atom. The van der Waals surface area contributed by atoms with Crippen LogP contribution in [0.25, 0.3) is 0 Å². The SMILES string of the molecule is C[C@H]1CC[C@@H]2N(C1)C[C@H]1[C@H]3C[C@@H]4[C@H](C[C@H](O)[C@H]5C[C@@H](O)CC[C@]45C)[C@@H]3CC[C@H]1[C@]2(C)O. The van der Waals surface area contributed by atoms with E-state index >= 15 is 0 Å². The van der Waals surface area contributed by atoms with Gasteiger partial charge < -0.3 is 15.3 Å². The molecule has 4 heteroatoms. The molecular weight excluding hydrogens is 386 g/mol. The molecule has 0 aromatic rings. The predicted octanol–water partition coefficient (Wildman–Crippen LogP) is 3.68. The fourth-order valence-electron chi connectivity index (χ4n) is 10.6. The number of aliphatic hydroxyl groups is 3. The zero-order chi connectivity index (χ0) is 21.7. The standard InChI is InChI=1S/C27H45NO3/c1-15-4-7-25-27(3,31)21-6-5-17-18(20(21)14-28(25)13-15)11-22-19(17)12-24(30)23-10-16(29)8-9-26(22,23)2/h15-25,29-31H,4-14H2,1-3H3/t15-,16-,17+,18-,19+,20-,21+,22+,23+,24-,25-,26+,27-/m0/s1. The lowest BCUT2D eigenvalue weighted by atomic mass is 9.51. The van der Waals surface area contributed by atoms with Crippen molar-refractivity contribution in [3.63, 3.8) is 0 Å². The third-order valence-electron chi connectivity index (χ3n) is 12.0. The Hall–Kier alpha value is -0.160. The summed E-state index contributed by atoms with van der Waals surface area (Å²) >= 11 is 0. The molecule has 2 heterocycles. The highest BCUT2D eigenvalue weighted by molar-refractivity contribution is 5.14. The summed E-state index contributed by atoms with van der Waals surface area (Å²) in [4.78, 5) is 2.68. The highest BCUT2D eigenvalue weighted by Gasteiger charge is 2.64. The number of hydrogen-bond donors (Lipinski definition) is 3. The van der Waals surface area contributed by atoms with Crippen LogP contribution >= 0.6 is 0 Å². The van der Waals surface area contributed by atoms with E-state index < -0.39 is 5.60 Å². The van der Waals surface area contributed by atoms with Crippen LogP contribution in [-0.4, -0.2) is 57.2 Å². The highest BCUT2D eigenvalue weighted by Crippen LogP contribution is 2.67. The van der Waals surface area contributed by atoms with Crippen LogP contribution in [0.4, 0.5) is 0 Å². The highest BCUT2D eigenvalue weighted by atomic mass is 16.3. The minimum Gasteiger partial charge on any atom is -0.393 e. The van der Waals surface area contributed by atoms with Crippen molar-refractivity contribution in [1.29, 1.82) is 0 Å². The molecular formula is C27H45NO3. The zero-order valence-corrected chi connectivity index (χ0v) is 19.9. The van der Waals surface area contributed by atoms with Gasteiger partial charge in [-0.2, -0.15) is 0 Å². The molecule has 4 nitrogen and oxygen atoms in total. The summed E-state index contributed by atoms with van der Waals surface area (Å²) in [6, 6.07) is 0.355. The second-order valence-corrected chi connectivity index (χ2v) is 13.4. The first-order valence-electron chi connectivity index (χ1n) is 13.5. The smallest absolute Gasteiger partial charge is 0.0805 e. The van der Waals surface area contributed by atoms with Gasteiger partial charge in [-0.15, -0.1) is 0 Å². The van der Waals surface area contributed by atoms with Crippen LogP contribution in [0, 0.1) is 52.8 Å². The first kappa shape index (κ1) is 21.4. The fraction of sp³-hybridized carbons (Fsp3) is 1.00. The molecule has 31 heavy (non-hydrogen) atoms. The van der Waals surface area contributed by atoms with E-state index in [2.05, 4.69) is 25.7 Å². The van der Waals surface area contributed by atoms with Gasteiger partial charge in [0, 0.05) is 19.1 Å². The van der Waals surface area contributed by atoms with Gasteiger partial charge in [-0.25, -0.2) is 0 Å². The average Bonchev–Trinajstić information content (AvgIpc) is 3.09. The first-order chi connectivity index (χ1) is 14.7. The molecule has 6 rings (SSSR count). The van der Waals surface area contributed by atoms with Crippen LogP contribution in [0.2, 0.25) is 0 Å². The summed E-state index contributed by atoms with van der Waals surface area (Å²) < 4.78 is 0. The van der Waals surface area contributed by atoms with E-state index in [-0.39, 0.29) is 23.5 Å². The normalized spacial score (nSPS) is 61.5. The van der Waals surface area contributed by atoms with Gasteiger partial charge in [0.05, 0.1) is 17.8 Å². The third-order valence-corrected chi connectivity index (χ3v) is 12.0. The van der Waals surface area contributed by atoms with Crippen molar-refractivity contribution in [2.75, 3.05) is 13.1 Å². The molecule has 13 atom stereocenters. The lowest BCUT2D eigenvalue weighted by Gasteiger charge is -2.60. The topological polar surface area (TPSA) is 63.9 Å². The summed E-state index contributed by atoms with van der Waals surface area (Å²) in [5.41, 5.74) is -0.365. The van der Waals surface area contributed by atoms with E-state index in [0.29, 0.717) is 35.6 Å². The maximum Gasteiger partial charge on any atom is 0.0805 e. The predicted molar refractivity (Wildman–Crippen MR) is 121 cm³/mol. The maximum atomic E-state index is 11.8. The molecule has 0 bridgehead atoms. The van der Waals surface area contributed by atoms with E-state index in [0.717, 1.165) is 50.5 Å². The Bertz CT molecular complexity index is 711. The van der Waals surface area contributed by atoms with Crippen molar-refractivity contribution >= 4 is 0 Å². The second kappa shape index (κ2) is 7.17. The number of fused-ring (bicyclic) bond motifs is 8. The van der Waals surface area contributed by atoms with Gasteiger partial charge in [0.15, 0.2) is 0 Å². The summed E-state index contributed by atoms with van der Waals surface area (Å²) in [7, 11) is 0. The van der Waals surface area contributed by atoms with Crippen molar-refractivity contribution in [2.24, 2.45) is 52.8 Å². The van der Waals surface area contributed by atoms with E-state index in [1.54, 1.807) is 0 Å². The lowest BCUT2D eigenvalue weighted by Crippen LogP contribution is -2.67. The van der Waals surface area contributed by atoms with E-state index in [1.807, 2.05) is 0 Å². The molecule has 6 aliphatic rings. The molecule has 2 aliphatic heterocycles. The van der Waals surface area contributed by atoms with Gasteiger partial charge in [0.1, 0.15) is 0 Å². The molecule has 3 N–H and O–H groups in total. The Labute approximate surface area is 188 Å². The number of aliphatic hydroxyl groups excluding tert-OH is 2. The van der Waals surface area contributed by atoms with Gasteiger partial charge in [-0.3, -0.25) is 4.90 Å². The largest absolute Gasteiger partial charge is 0.393 e. The first-order valence-corrected chi connectivity index (χ1v) is 13.5. The number of rotatable bonds is 0. The lowest BCUT2D eigenvalue weighted by molar-refractivity contribution is -0.176. The minimum absolute atomic E-state index is 0.188. The quantitative estimate of drug-likeness (QED) is 0.547. The van der Waals surface area contributed by atoms with E-state index in [1.165, 1.54) is 32.2 Å². The summed E-state index contributed by atoms with van der Waals surface area (Å²) in [5, 5.41) is 33.3. The molecule has 6 fully saturated rings.